The van der Waals surface area contributed by atoms with Gasteiger partial charge >= 0.3 is 0 Å². The number of nitrogens with zero attached hydrogens (tertiary/aromatic N) is 6. The second-order valence-corrected chi connectivity index (χ2v) is 8.65. The van der Waals surface area contributed by atoms with Gasteiger partial charge in [-0.2, -0.15) is 10.2 Å². The van der Waals surface area contributed by atoms with Gasteiger partial charge in [-0.05, 0) is 24.3 Å². The Hall–Kier alpha value is -4.51. The van der Waals surface area contributed by atoms with Crippen LogP contribution in [0.3, 0.4) is 0 Å². The lowest BCUT2D eigenvalue weighted by atomic mass is 9.91. The van der Waals surface area contributed by atoms with Gasteiger partial charge in [0, 0.05) is 5.41 Å². The van der Waals surface area contributed by atoms with E-state index in [1.54, 1.807) is 21.5 Å². The first-order valence-corrected chi connectivity index (χ1v) is 10.4. The van der Waals surface area contributed by atoms with Crippen molar-refractivity contribution in [2.45, 2.75) is 26.2 Å². The maximum atomic E-state index is 12.8. The standard InChI is InChI=1S/C25H21N7O/c1-5-16-15-26-31(17-11-7-6-8-12-17)22(16)29-28-20-21(25(2,3)4)30-32-19-14-10-9-13-18(19)24(33)27-23(20)32/h1,6-15H,2-4H3,(H,27,33)/b29-28+. The Balaban J connectivity index is 1.76. The zero-order valence-corrected chi connectivity index (χ0v) is 18.4. The molecule has 5 aromatic rings. The van der Waals surface area contributed by atoms with E-state index in [9.17, 15) is 4.79 Å². The van der Waals surface area contributed by atoms with Crippen LogP contribution in [0.1, 0.15) is 32.0 Å². The lowest BCUT2D eigenvalue weighted by Crippen LogP contribution is -2.12. The second kappa shape index (κ2) is 7.57. The third-order valence-corrected chi connectivity index (χ3v) is 5.32. The molecule has 0 aliphatic heterocycles. The Kier molecular flexibility index (Phi) is 4.68. The molecule has 8 nitrogen and oxygen atoms in total. The molecule has 3 heterocycles. The number of hydrogen-bond acceptors (Lipinski definition) is 5. The molecule has 0 radical (unpaired) electrons. The van der Waals surface area contributed by atoms with Crippen molar-refractivity contribution in [1.29, 1.82) is 0 Å². The van der Waals surface area contributed by atoms with Crippen molar-refractivity contribution in [2.24, 2.45) is 10.2 Å². The third kappa shape index (κ3) is 3.40. The van der Waals surface area contributed by atoms with Crippen LogP contribution in [-0.2, 0) is 5.41 Å². The molecule has 0 saturated carbocycles. The van der Waals surface area contributed by atoms with Crippen molar-refractivity contribution in [2.75, 3.05) is 0 Å². The van der Waals surface area contributed by atoms with E-state index in [1.807, 2.05) is 69.3 Å². The molecular formula is C25H21N7O. The summed E-state index contributed by atoms with van der Waals surface area (Å²) in [4.78, 5) is 15.7. The molecule has 0 bridgehead atoms. The molecule has 0 fully saturated rings. The van der Waals surface area contributed by atoms with Crippen molar-refractivity contribution < 1.29 is 0 Å². The zero-order chi connectivity index (χ0) is 23.2. The van der Waals surface area contributed by atoms with Crippen molar-refractivity contribution in [1.82, 2.24) is 24.4 Å². The summed E-state index contributed by atoms with van der Waals surface area (Å²) in [5, 5.41) is 18.8. The summed E-state index contributed by atoms with van der Waals surface area (Å²) in [6.45, 7) is 6.11. The summed E-state index contributed by atoms with van der Waals surface area (Å²) in [5.74, 6) is 3.04. The van der Waals surface area contributed by atoms with Crippen LogP contribution in [0.25, 0.3) is 22.2 Å². The first-order valence-electron chi connectivity index (χ1n) is 10.4. The third-order valence-electron chi connectivity index (χ3n) is 5.32. The molecule has 5 rings (SSSR count). The number of benzene rings is 2. The van der Waals surface area contributed by atoms with Crippen molar-refractivity contribution in [3.63, 3.8) is 0 Å². The van der Waals surface area contributed by atoms with Gasteiger partial charge < -0.3 is 4.98 Å². The quantitative estimate of drug-likeness (QED) is 0.317. The van der Waals surface area contributed by atoms with E-state index in [0.29, 0.717) is 39.3 Å². The number of para-hydroxylation sites is 2. The zero-order valence-electron chi connectivity index (χ0n) is 18.4. The largest absolute Gasteiger partial charge is 0.304 e. The minimum absolute atomic E-state index is 0.214. The Morgan fingerprint density at radius 3 is 2.48 bits per heavy atom. The highest BCUT2D eigenvalue weighted by Gasteiger charge is 2.26. The number of aromatic nitrogens is 5. The molecule has 8 heteroatoms. The molecule has 162 valence electrons. The number of hydrogen-bond donors (Lipinski definition) is 1. The fourth-order valence-corrected chi connectivity index (χ4v) is 3.72. The molecule has 1 N–H and O–H groups in total. The minimum atomic E-state index is -0.354. The van der Waals surface area contributed by atoms with Crippen LogP contribution in [0, 0.1) is 12.3 Å². The first-order chi connectivity index (χ1) is 15.9. The summed E-state index contributed by atoms with van der Waals surface area (Å²) < 4.78 is 3.35. The average molecular weight is 435 g/mol. The van der Waals surface area contributed by atoms with Gasteiger partial charge in [-0.3, -0.25) is 4.79 Å². The van der Waals surface area contributed by atoms with E-state index in [1.165, 1.54) is 0 Å². The SMILES string of the molecule is C#Cc1cnn(-c2ccccc2)c1/N=N/c1c(C(C)(C)C)nn2c1[nH]c(=O)c1ccccc12. The van der Waals surface area contributed by atoms with Crippen LogP contribution in [0.4, 0.5) is 11.5 Å². The van der Waals surface area contributed by atoms with Crippen LogP contribution < -0.4 is 5.56 Å². The Morgan fingerprint density at radius 2 is 1.76 bits per heavy atom. The Labute approximate surface area is 189 Å². The number of H-pyrrole nitrogens is 1. The topological polar surface area (TPSA) is 92.7 Å². The molecule has 33 heavy (non-hydrogen) atoms. The van der Waals surface area contributed by atoms with E-state index in [-0.39, 0.29) is 11.0 Å². The second-order valence-electron chi connectivity index (χ2n) is 8.65. The predicted molar refractivity (Wildman–Crippen MR) is 128 cm³/mol. The maximum Gasteiger partial charge on any atom is 0.259 e. The van der Waals surface area contributed by atoms with Gasteiger partial charge in [0.25, 0.3) is 5.56 Å². The van der Waals surface area contributed by atoms with E-state index < -0.39 is 0 Å². The maximum absolute atomic E-state index is 12.8. The van der Waals surface area contributed by atoms with E-state index in [4.69, 9.17) is 11.5 Å². The molecule has 0 spiro atoms. The van der Waals surface area contributed by atoms with Gasteiger partial charge in [-0.25, -0.2) is 9.20 Å². The minimum Gasteiger partial charge on any atom is -0.304 e. The van der Waals surface area contributed by atoms with Gasteiger partial charge in [0.2, 0.25) is 0 Å². The Bertz CT molecular complexity index is 1620. The summed E-state index contributed by atoms with van der Waals surface area (Å²) in [6, 6.07) is 16.9. The molecule has 0 aliphatic carbocycles. The van der Waals surface area contributed by atoms with Gasteiger partial charge in [-0.1, -0.05) is 57.0 Å². The average Bonchev–Trinajstić information content (AvgIpc) is 3.39. The predicted octanol–water partition coefficient (Wildman–Crippen LogP) is 5.06. The molecule has 0 unspecified atom stereocenters. The number of fused-ring (bicyclic) bond motifs is 3. The van der Waals surface area contributed by atoms with E-state index in [2.05, 4.69) is 26.2 Å². The molecule has 0 saturated heterocycles. The molecule has 0 atom stereocenters. The fourth-order valence-electron chi connectivity index (χ4n) is 3.72. The van der Waals surface area contributed by atoms with Gasteiger partial charge in [-0.15, -0.1) is 16.7 Å². The molecule has 2 aromatic carbocycles. The fraction of sp³-hybridized carbons (Fsp3) is 0.160. The lowest BCUT2D eigenvalue weighted by molar-refractivity contribution is 0.564. The molecular weight excluding hydrogens is 414 g/mol. The summed E-state index contributed by atoms with van der Waals surface area (Å²) in [5.41, 5.74) is 3.10. The number of terminal acetylenes is 1. The van der Waals surface area contributed by atoms with E-state index in [0.717, 1.165) is 5.69 Å². The number of aromatic amines is 1. The monoisotopic (exact) mass is 435 g/mol. The highest BCUT2D eigenvalue weighted by atomic mass is 16.1. The van der Waals surface area contributed by atoms with Crippen LogP contribution in [0.15, 0.2) is 75.8 Å². The summed E-state index contributed by atoms with van der Waals surface area (Å²) in [6.07, 6.45) is 7.27. The van der Waals surface area contributed by atoms with Gasteiger partial charge in [0.15, 0.2) is 17.2 Å². The van der Waals surface area contributed by atoms with Crippen LogP contribution in [0.5, 0.6) is 0 Å². The normalized spacial score (nSPS) is 12.1. The van der Waals surface area contributed by atoms with Crippen molar-refractivity contribution >= 4 is 28.1 Å². The van der Waals surface area contributed by atoms with Gasteiger partial charge in [0.1, 0.15) is 0 Å². The number of nitrogens with one attached hydrogen (secondary N) is 1. The summed E-state index contributed by atoms with van der Waals surface area (Å²) in [7, 11) is 0. The van der Waals surface area contributed by atoms with Crippen molar-refractivity contribution in [3.05, 3.63) is 82.4 Å². The number of azo groups is 1. The summed E-state index contributed by atoms with van der Waals surface area (Å²) >= 11 is 0. The smallest absolute Gasteiger partial charge is 0.259 e. The molecule has 0 aliphatic rings. The van der Waals surface area contributed by atoms with Crippen LogP contribution >= 0.6 is 0 Å². The molecule has 0 amide bonds. The lowest BCUT2D eigenvalue weighted by Gasteiger charge is -2.15. The first kappa shape index (κ1) is 20.4. The number of rotatable bonds is 3. The highest BCUT2D eigenvalue weighted by Crippen LogP contribution is 2.36. The van der Waals surface area contributed by atoms with Gasteiger partial charge in [0.05, 0.1) is 34.0 Å². The molecule has 3 aromatic heterocycles. The van der Waals surface area contributed by atoms with Crippen LogP contribution in [0.2, 0.25) is 0 Å². The van der Waals surface area contributed by atoms with Crippen molar-refractivity contribution in [3.8, 4) is 18.0 Å². The van der Waals surface area contributed by atoms with E-state index >= 15 is 0 Å². The Morgan fingerprint density at radius 1 is 1.03 bits per heavy atom. The van der Waals surface area contributed by atoms with Crippen LogP contribution in [-0.4, -0.2) is 24.4 Å². The highest BCUT2D eigenvalue weighted by molar-refractivity contribution is 5.83.